The second kappa shape index (κ2) is 6.41. The van der Waals surface area contributed by atoms with E-state index < -0.39 is 22.8 Å². The highest BCUT2D eigenvalue weighted by molar-refractivity contribution is 5.92. The van der Waals surface area contributed by atoms with Crippen molar-refractivity contribution in [1.82, 2.24) is 4.57 Å². The number of pyridine rings is 1. The molecule has 26 heavy (non-hydrogen) atoms. The van der Waals surface area contributed by atoms with Gasteiger partial charge in [-0.15, -0.1) is 0 Å². The molecule has 1 aliphatic rings. The van der Waals surface area contributed by atoms with Crippen molar-refractivity contribution in [3.8, 4) is 0 Å². The van der Waals surface area contributed by atoms with Crippen molar-refractivity contribution in [2.24, 2.45) is 0 Å². The molecule has 0 saturated heterocycles. The number of benzene rings is 2. The summed E-state index contributed by atoms with van der Waals surface area (Å²) in [7, 11) is 0. The number of halogens is 1. The van der Waals surface area contributed by atoms with Crippen molar-refractivity contribution in [2.75, 3.05) is 0 Å². The van der Waals surface area contributed by atoms with Gasteiger partial charge in [-0.25, -0.2) is 9.18 Å². The Hall–Kier alpha value is -2.95. The minimum Gasteiger partial charge on any atom is -0.477 e. The Morgan fingerprint density at radius 1 is 1.19 bits per heavy atom. The molecule has 132 valence electrons. The monoisotopic (exact) mass is 351 g/mol. The summed E-state index contributed by atoms with van der Waals surface area (Å²) in [6, 6.07) is 12.6. The van der Waals surface area contributed by atoms with Crippen LogP contribution in [0, 0.1) is 5.82 Å². The predicted octanol–water partition coefficient (Wildman–Crippen LogP) is 3.96. The number of rotatable bonds is 3. The molecule has 2 aromatic carbocycles. The minimum absolute atomic E-state index is 0.156. The van der Waals surface area contributed by atoms with Gasteiger partial charge < -0.3 is 9.67 Å². The van der Waals surface area contributed by atoms with Crippen molar-refractivity contribution in [3.05, 3.63) is 81.4 Å². The summed E-state index contributed by atoms with van der Waals surface area (Å²) in [5.41, 5.74) is 1.82. The van der Waals surface area contributed by atoms with Crippen LogP contribution in [0.15, 0.2) is 53.5 Å². The molecule has 4 rings (SSSR count). The summed E-state index contributed by atoms with van der Waals surface area (Å²) in [5, 5.41) is 9.21. The Kier molecular flexibility index (Phi) is 4.07. The van der Waals surface area contributed by atoms with Gasteiger partial charge in [-0.3, -0.25) is 4.79 Å². The molecule has 0 bridgehead atoms. The lowest BCUT2D eigenvalue weighted by atomic mass is 9.82. The van der Waals surface area contributed by atoms with E-state index in [1.807, 2.05) is 12.1 Å². The van der Waals surface area contributed by atoms with Crippen LogP contribution in [-0.4, -0.2) is 15.6 Å². The first kappa shape index (κ1) is 16.5. The zero-order valence-electron chi connectivity index (χ0n) is 14.1. The van der Waals surface area contributed by atoms with Crippen LogP contribution in [0.5, 0.6) is 0 Å². The zero-order valence-corrected chi connectivity index (χ0v) is 14.1. The quantitative estimate of drug-likeness (QED) is 0.777. The summed E-state index contributed by atoms with van der Waals surface area (Å²) in [4.78, 5) is 23.9. The van der Waals surface area contributed by atoms with E-state index in [0.717, 1.165) is 19.3 Å². The average Bonchev–Trinajstić information content (AvgIpc) is 2.64. The van der Waals surface area contributed by atoms with Crippen LogP contribution in [0.2, 0.25) is 0 Å². The van der Waals surface area contributed by atoms with Crippen molar-refractivity contribution in [3.63, 3.8) is 0 Å². The third-order valence-electron chi connectivity index (χ3n) is 5.20. The molecule has 0 radical (unpaired) electrons. The van der Waals surface area contributed by atoms with E-state index in [2.05, 4.69) is 12.1 Å². The van der Waals surface area contributed by atoms with Gasteiger partial charge in [0, 0.05) is 18.7 Å². The molecule has 0 fully saturated rings. The molecule has 1 aromatic heterocycles. The Labute approximate surface area is 149 Å². The van der Waals surface area contributed by atoms with Gasteiger partial charge in [-0.2, -0.15) is 0 Å². The third kappa shape index (κ3) is 2.69. The molecule has 4 nitrogen and oxygen atoms in total. The number of aromatic nitrogens is 1. The Morgan fingerprint density at radius 3 is 2.81 bits per heavy atom. The Bertz CT molecular complexity index is 1070. The highest BCUT2D eigenvalue weighted by Gasteiger charge is 2.23. The van der Waals surface area contributed by atoms with Gasteiger partial charge in [-0.1, -0.05) is 30.3 Å². The van der Waals surface area contributed by atoms with Crippen LogP contribution >= 0.6 is 0 Å². The van der Waals surface area contributed by atoms with Crippen molar-refractivity contribution in [2.45, 2.75) is 31.7 Å². The van der Waals surface area contributed by atoms with Crippen LogP contribution < -0.4 is 5.43 Å². The standard InChI is InChI=1S/C21H18FNO3/c22-17-9-4-10-18-19(17)20(24)16(21(25)26)12-23(18)11-14-7-3-6-13-5-1-2-8-15(13)14/h1-2,4-5,8-10,12,14H,3,6-7,11H2,(H,25,26). The summed E-state index contributed by atoms with van der Waals surface area (Å²) in [6.45, 7) is 0.511. The fourth-order valence-electron chi connectivity index (χ4n) is 3.98. The minimum atomic E-state index is -1.34. The molecule has 0 spiro atoms. The molecule has 1 aliphatic carbocycles. The number of carbonyl (C=O) groups is 1. The topological polar surface area (TPSA) is 59.3 Å². The van der Waals surface area contributed by atoms with E-state index in [9.17, 15) is 19.1 Å². The first-order valence-electron chi connectivity index (χ1n) is 8.69. The smallest absolute Gasteiger partial charge is 0.341 e. The Balaban J connectivity index is 1.88. The van der Waals surface area contributed by atoms with E-state index >= 15 is 0 Å². The van der Waals surface area contributed by atoms with Gasteiger partial charge in [0.15, 0.2) is 0 Å². The van der Waals surface area contributed by atoms with Crippen LogP contribution in [0.4, 0.5) is 4.39 Å². The summed E-state index contributed by atoms with van der Waals surface area (Å²) < 4.78 is 16.0. The van der Waals surface area contributed by atoms with E-state index in [0.29, 0.717) is 12.1 Å². The van der Waals surface area contributed by atoms with Crippen LogP contribution in [0.3, 0.4) is 0 Å². The van der Waals surface area contributed by atoms with Gasteiger partial charge in [0.05, 0.1) is 10.9 Å². The van der Waals surface area contributed by atoms with Gasteiger partial charge in [0.25, 0.3) is 0 Å². The maximum atomic E-state index is 14.3. The lowest BCUT2D eigenvalue weighted by molar-refractivity contribution is 0.0694. The number of carboxylic acids is 1. The van der Waals surface area contributed by atoms with Crippen molar-refractivity contribution < 1.29 is 14.3 Å². The highest BCUT2D eigenvalue weighted by atomic mass is 19.1. The summed E-state index contributed by atoms with van der Waals surface area (Å²) in [5.74, 6) is -1.82. The molecular formula is C21H18FNO3. The van der Waals surface area contributed by atoms with Crippen LogP contribution in [-0.2, 0) is 13.0 Å². The molecule has 0 amide bonds. The highest BCUT2D eigenvalue weighted by Crippen LogP contribution is 2.33. The summed E-state index contributed by atoms with van der Waals surface area (Å²) in [6.07, 6.45) is 4.42. The molecule has 1 atom stereocenters. The van der Waals surface area contributed by atoms with E-state index in [4.69, 9.17) is 0 Å². The molecule has 0 saturated carbocycles. The lowest BCUT2D eigenvalue weighted by Crippen LogP contribution is -2.22. The SMILES string of the molecule is O=C(O)c1cn(CC2CCCc3ccccc32)c2cccc(F)c2c1=O. The van der Waals surface area contributed by atoms with E-state index in [-0.39, 0.29) is 11.3 Å². The van der Waals surface area contributed by atoms with Gasteiger partial charge in [0.1, 0.15) is 11.4 Å². The first-order valence-corrected chi connectivity index (χ1v) is 8.69. The summed E-state index contributed by atoms with van der Waals surface area (Å²) >= 11 is 0. The maximum Gasteiger partial charge on any atom is 0.341 e. The van der Waals surface area contributed by atoms with E-state index in [1.165, 1.54) is 23.4 Å². The normalized spacial score (nSPS) is 16.4. The molecule has 0 aliphatic heterocycles. The number of fused-ring (bicyclic) bond motifs is 2. The van der Waals surface area contributed by atoms with Crippen LogP contribution in [0.1, 0.15) is 40.2 Å². The maximum absolute atomic E-state index is 14.3. The molecule has 5 heteroatoms. The van der Waals surface area contributed by atoms with E-state index in [1.54, 1.807) is 16.7 Å². The predicted molar refractivity (Wildman–Crippen MR) is 97.2 cm³/mol. The molecule has 3 aromatic rings. The number of hydrogen-bond acceptors (Lipinski definition) is 2. The second-order valence-corrected chi connectivity index (χ2v) is 6.75. The number of aryl methyl sites for hydroxylation is 1. The number of nitrogens with zero attached hydrogens (tertiary/aromatic N) is 1. The fourth-order valence-corrected chi connectivity index (χ4v) is 3.98. The average molecular weight is 351 g/mol. The third-order valence-corrected chi connectivity index (χ3v) is 5.20. The lowest BCUT2D eigenvalue weighted by Gasteiger charge is -2.27. The van der Waals surface area contributed by atoms with Gasteiger partial charge in [0.2, 0.25) is 5.43 Å². The number of hydrogen-bond donors (Lipinski definition) is 1. The largest absolute Gasteiger partial charge is 0.477 e. The molecular weight excluding hydrogens is 333 g/mol. The van der Waals surface area contributed by atoms with Crippen molar-refractivity contribution in [1.29, 1.82) is 0 Å². The number of carboxylic acid groups (broad SMARTS) is 1. The number of aromatic carboxylic acids is 1. The molecule has 1 unspecified atom stereocenters. The fraction of sp³-hybridized carbons (Fsp3) is 0.238. The van der Waals surface area contributed by atoms with Crippen molar-refractivity contribution >= 4 is 16.9 Å². The van der Waals surface area contributed by atoms with Gasteiger partial charge in [-0.05, 0) is 42.5 Å². The van der Waals surface area contributed by atoms with Crippen LogP contribution in [0.25, 0.3) is 10.9 Å². The second-order valence-electron chi connectivity index (χ2n) is 6.75. The zero-order chi connectivity index (χ0) is 18.3. The Morgan fingerprint density at radius 2 is 2.00 bits per heavy atom. The first-order chi connectivity index (χ1) is 12.6. The molecule has 1 N–H and O–H groups in total. The van der Waals surface area contributed by atoms with Gasteiger partial charge >= 0.3 is 5.97 Å². The molecule has 1 heterocycles.